The number of morpholine rings is 1. The summed E-state index contributed by atoms with van der Waals surface area (Å²) >= 11 is 6.05. The third-order valence-corrected chi connectivity index (χ3v) is 6.30. The van der Waals surface area contributed by atoms with E-state index in [1.807, 2.05) is 18.3 Å². The van der Waals surface area contributed by atoms with Crippen LogP contribution in [0.3, 0.4) is 0 Å². The van der Waals surface area contributed by atoms with Crippen molar-refractivity contribution < 1.29 is 4.74 Å². The molecule has 4 rings (SSSR count). The van der Waals surface area contributed by atoms with E-state index in [1.54, 1.807) is 0 Å². The molecule has 158 valence electrons. The van der Waals surface area contributed by atoms with Crippen molar-refractivity contribution in [3.63, 3.8) is 0 Å². The second kappa shape index (κ2) is 10.1. The Kier molecular flexibility index (Phi) is 7.80. The molecule has 1 aromatic carbocycles. The van der Waals surface area contributed by atoms with Crippen LogP contribution in [0.2, 0.25) is 5.02 Å². The standard InChI is InChI=1S/C23H30ClN3O.ClH/c1-17-3-8-23(25-14-17)26-11-9-21(10-12-26)27-15-18(2)28-16-22(27)13-19-4-6-20(24)7-5-19;/h3-8,14,18,21-22H,9-13,15-16H2,1-2H3;1H/t18-,22-;/m0./s1. The summed E-state index contributed by atoms with van der Waals surface area (Å²) in [4.78, 5) is 9.75. The fourth-order valence-electron chi connectivity index (χ4n) is 4.46. The summed E-state index contributed by atoms with van der Waals surface area (Å²) in [6.07, 6.45) is 5.65. The number of nitrogens with zero attached hydrogens (tertiary/aromatic N) is 3. The third kappa shape index (κ3) is 5.64. The monoisotopic (exact) mass is 435 g/mol. The number of piperidine rings is 1. The molecule has 0 bridgehead atoms. The summed E-state index contributed by atoms with van der Waals surface area (Å²) in [7, 11) is 0. The molecule has 2 fully saturated rings. The molecule has 1 aromatic heterocycles. The number of benzene rings is 1. The van der Waals surface area contributed by atoms with Crippen LogP contribution in [-0.2, 0) is 11.2 Å². The molecule has 2 atom stereocenters. The van der Waals surface area contributed by atoms with Gasteiger partial charge in [0.25, 0.3) is 0 Å². The molecular formula is C23H31Cl2N3O. The maximum absolute atomic E-state index is 6.05. The molecule has 3 heterocycles. The molecule has 0 aliphatic carbocycles. The zero-order valence-electron chi connectivity index (χ0n) is 17.3. The second-order valence-corrected chi connectivity index (χ2v) is 8.67. The van der Waals surface area contributed by atoms with Crippen LogP contribution in [0.4, 0.5) is 5.82 Å². The smallest absolute Gasteiger partial charge is 0.128 e. The van der Waals surface area contributed by atoms with Gasteiger partial charge in [-0.3, -0.25) is 4.90 Å². The predicted molar refractivity (Wildman–Crippen MR) is 123 cm³/mol. The Balaban J connectivity index is 0.00000240. The number of aromatic nitrogens is 1. The zero-order valence-corrected chi connectivity index (χ0v) is 18.8. The minimum Gasteiger partial charge on any atom is -0.376 e. The van der Waals surface area contributed by atoms with Crippen LogP contribution in [0, 0.1) is 6.92 Å². The SMILES string of the molecule is Cc1ccc(N2CCC(N3C[C@H](C)OC[C@@H]3Cc3ccc(Cl)cc3)CC2)nc1.Cl. The first-order valence-electron chi connectivity index (χ1n) is 10.4. The number of rotatable bonds is 4. The van der Waals surface area contributed by atoms with Crippen molar-refractivity contribution in [3.8, 4) is 0 Å². The molecule has 0 amide bonds. The Labute approximate surface area is 185 Å². The fraction of sp³-hybridized carbons (Fsp3) is 0.522. The molecule has 2 aliphatic rings. The maximum Gasteiger partial charge on any atom is 0.128 e. The Bertz CT molecular complexity index is 761. The molecule has 0 spiro atoms. The molecule has 0 unspecified atom stereocenters. The highest BCUT2D eigenvalue weighted by atomic mass is 35.5. The Morgan fingerprint density at radius 1 is 1.10 bits per heavy atom. The largest absolute Gasteiger partial charge is 0.376 e. The Hall–Kier alpha value is -1.33. The molecule has 29 heavy (non-hydrogen) atoms. The van der Waals surface area contributed by atoms with Crippen molar-refractivity contribution in [1.82, 2.24) is 9.88 Å². The molecule has 0 saturated carbocycles. The van der Waals surface area contributed by atoms with E-state index in [-0.39, 0.29) is 12.4 Å². The van der Waals surface area contributed by atoms with E-state index < -0.39 is 0 Å². The number of hydrogen-bond donors (Lipinski definition) is 0. The summed E-state index contributed by atoms with van der Waals surface area (Å²) in [5.41, 5.74) is 2.55. The van der Waals surface area contributed by atoms with E-state index in [4.69, 9.17) is 16.3 Å². The summed E-state index contributed by atoms with van der Waals surface area (Å²) in [5, 5.41) is 0.797. The van der Waals surface area contributed by atoms with Crippen molar-refractivity contribution >= 4 is 29.8 Å². The van der Waals surface area contributed by atoms with Gasteiger partial charge in [-0.15, -0.1) is 12.4 Å². The molecule has 2 aliphatic heterocycles. The lowest BCUT2D eigenvalue weighted by molar-refractivity contribution is -0.0745. The lowest BCUT2D eigenvalue weighted by Crippen LogP contribution is -2.56. The quantitative estimate of drug-likeness (QED) is 0.691. The lowest BCUT2D eigenvalue weighted by Gasteiger charge is -2.46. The molecule has 2 saturated heterocycles. The van der Waals surface area contributed by atoms with Crippen molar-refractivity contribution in [1.29, 1.82) is 0 Å². The first kappa shape index (κ1) is 22.4. The maximum atomic E-state index is 6.05. The van der Waals surface area contributed by atoms with Crippen LogP contribution in [0.5, 0.6) is 0 Å². The predicted octanol–water partition coefficient (Wildman–Crippen LogP) is 4.77. The molecule has 2 aromatic rings. The number of halogens is 2. The van der Waals surface area contributed by atoms with Gasteiger partial charge < -0.3 is 9.64 Å². The van der Waals surface area contributed by atoms with Crippen LogP contribution in [0.25, 0.3) is 0 Å². The van der Waals surface area contributed by atoms with Gasteiger partial charge in [0.15, 0.2) is 0 Å². The number of hydrogen-bond acceptors (Lipinski definition) is 4. The topological polar surface area (TPSA) is 28.6 Å². The highest BCUT2D eigenvalue weighted by Crippen LogP contribution is 2.27. The molecule has 6 heteroatoms. The van der Waals surface area contributed by atoms with Crippen LogP contribution >= 0.6 is 24.0 Å². The van der Waals surface area contributed by atoms with Gasteiger partial charge in [-0.1, -0.05) is 29.8 Å². The van der Waals surface area contributed by atoms with Crippen molar-refractivity contribution in [2.24, 2.45) is 0 Å². The van der Waals surface area contributed by atoms with E-state index in [0.29, 0.717) is 18.2 Å². The van der Waals surface area contributed by atoms with Crippen molar-refractivity contribution in [3.05, 3.63) is 58.7 Å². The summed E-state index contributed by atoms with van der Waals surface area (Å²) in [6.45, 7) is 8.25. The number of aryl methyl sites for hydroxylation is 1. The Morgan fingerprint density at radius 2 is 1.83 bits per heavy atom. The van der Waals surface area contributed by atoms with E-state index in [1.165, 1.54) is 24.0 Å². The van der Waals surface area contributed by atoms with Gasteiger partial charge in [0.1, 0.15) is 5.82 Å². The molecular weight excluding hydrogens is 405 g/mol. The average molecular weight is 436 g/mol. The van der Waals surface area contributed by atoms with Gasteiger partial charge in [0.2, 0.25) is 0 Å². The van der Waals surface area contributed by atoms with Gasteiger partial charge in [-0.25, -0.2) is 4.98 Å². The minimum absolute atomic E-state index is 0. The first-order valence-corrected chi connectivity index (χ1v) is 10.8. The van der Waals surface area contributed by atoms with Crippen LogP contribution < -0.4 is 4.90 Å². The van der Waals surface area contributed by atoms with Crippen molar-refractivity contribution in [2.45, 2.75) is 51.3 Å². The van der Waals surface area contributed by atoms with Gasteiger partial charge in [0.05, 0.1) is 12.7 Å². The zero-order chi connectivity index (χ0) is 19.5. The number of anilines is 1. The summed E-state index contributed by atoms with van der Waals surface area (Å²) in [5.74, 6) is 1.11. The van der Waals surface area contributed by atoms with Crippen LogP contribution in [0.1, 0.15) is 30.9 Å². The first-order chi connectivity index (χ1) is 13.6. The highest BCUT2D eigenvalue weighted by molar-refractivity contribution is 6.30. The van der Waals surface area contributed by atoms with E-state index >= 15 is 0 Å². The van der Waals surface area contributed by atoms with E-state index in [9.17, 15) is 0 Å². The summed E-state index contributed by atoms with van der Waals surface area (Å²) < 4.78 is 6.02. The number of ether oxygens (including phenoxy) is 1. The molecule has 0 radical (unpaired) electrons. The molecule has 4 nitrogen and oxygen atoms in total. The molecule has 0 N–H and O–H groups in total. The normalized spacial score (nSPS) is 23.6. The average Bonchev–Trinajstić information content (AvgIpc) is 2.72. The van der Waals surface area contributed by atoms with Gasteiger partial charge >= 0.3 is 0 Å². The highest BCUT2D eigenvalue weighted by Gasteiger charge is 2.34. The van der Waals surface area contributed by atoms with Crippen LogP contribution in [-0.4, -0.2) is 54.3 Å². The Morgan fingerprint density at radius 3 is 2.48 bits per heavy atom. The van der Waals surface area contributed by atoms with Gasteiger partial charge in [-0.05, 0) is 62.4 Å². The second-order valence-electron chi connectivity index (χ2n) is 8.24. The van der Waals surface area contributed by atoms with Gasteiger partial charge in [-0.2, -0.15) is 0 Å². The van der Waals surface area contributed by atoms with Crippen molar-refractivity contribution in [2.75, 3.05) is 31.1 Å². The van der Waals surface area contributed by atoms with Crippen LogP contribution in [0.15, 0.2) is 42.6 Å². The lowest BCUT2D eigenvalue weighted by atomic mass is 9.96. The fourth-order valence-corrected chi connectivity index (χ4v) is 4.59. The number of pyridine rings is 1. The van der Waals surface area contributed by atoms with E-state index in [0.717, 1.165) is 43.5 Å². The van der Waals surface area contributed by atoms with E-state index in [2.05, 4.69) is 52.9 Å². The van der Waals surface area contributed by atoms with Gasteiger partial charge in [0, 0.05) is 42.9 Å². The third-order valence-electron chi connectivity index (χ3n) is 6.05. The minimum atomic E-state index is 0. The summed E-state index contributed by atoms with van der Waals surface area (Å²) in [6, 6.07) is 13.6.